The molecule has 30 heavy (non-hydrogen) atoms. The fraction of sp³-hybridized carbons (Fsp3) is 0.217. The van der Waals surface area contributed by atoms with E-state index in [1.807, 2.05) is 54.8 Å². The second-order valence-corrected chi connectivity index (χ2v) is 8.32. The molecule has 0 bridgehead atoms. The molecule has 0 aliphatic carbocycles. The first-order chi connectivity index (χ1) is 14.5. The first-order valence-corrected chi connectivity index (χ1v) is 10.7. The number of aromatic nitrogens is 5. The molecule has 6 nitrogen and oxygen atoms in total. The van der Waals surface area contributed by atoms with Gasteiger partial charge in [0, 0.05) is 16.7 Å². The van der Waals surface area contributed by atoms with Gasteiger partial charge in [0.2, 0.25) is 0 Å². The highest BCUT2D eigenvalue weighted by atomic mass is 79.9. The number of para-hydroxylation sites is 2. The molecule has 0 atom stereocenters. The molecule has 5 aromatic rings. The van der Waals surface area contributed by atoms with Gasteiger partial charge in [-0.1, -0.05) is 35.0 Å². The quantitative estimate of drug-likeness (QED) is 0.376. The maximum atomic E-state index is 13.5. The van der Waals surface area contributed by atoms with Crippen LogP contribution in [0.4, 0.5) is 0 Å². The van der Waals surface area contributed by atoms with Crippen LogP contribution in [0, 0.1) is 13.8 Å². The molecule has 0 saturated heterocycles. The molecular weight excluding hydrogens is 442 g/mol. The summed E-state index contributed by atoms with van der Waals surface area (Å²) in [6.07, 6.45) is 0.854. The molecule has 0 unspecified atom stereocenters. The van der Waals surface area contributed by atoms with Gasteiger partial charge in [0.05, 0.1) is 11.0 Å². The van der Waals surface area contributed by atoms with Gasteiger partial charge in [-0.15, -0.1) is 0 Å². The molecule has 150 valence electrons. The van der Waals surface area contributed by atoms with Gasteiger partial charge < -0.3 is 0 Å². The zero-order valence-electron chi connectivity index (χ0n) is 17.0. The average Bonchev–Trinajstić information content (AvgIpc) is 3.04. The Morgan fingerprint density at radius 3 is 2.40 bits per heavy atom. The Bertz CT molecular complexity index is 1520. The summed E-state index contributed by atoms with van der Waals surface area (Å²) in [7, 11) is 0. The summed E-state index contributed by atoms with van der Waals surface area (Å²) in [6.45, 7) is 6.59. The van der Waals surface area contributed by atoms with Crippen molar-refractivity contribution in [3.05, 3.63) is 68.7 Å². The van der Waals surface area contributed by atoms with Gasteiger partial charge in [-0.05, 0) is 56.2 Å². The van der Waals surface area contributed by atoms with Gasteiger partial charge in [0.15, 0.2) is 11.3 Å². The number of aryl methyl sites for hydroxylation is 2. The summed E-state index contributed by atoms with van der Waals surface area (Å²) in [4.78, 5) is 28.1. The molecule has 5 rings (SSSR count). The maximum Gasteiger partial charge on any atom is 0.265 e. The molecule has 0 aliphatic heterocycles. The van der Waals surface area contributed by atoms with E-state index in [0.29, 0.717) is 34.6 Å². The first-order valence-electron chi connectivity index (χ1n) is 9.94. The van der Waals surface area contributed by atoms with Crippen molar-refractivity contribution in [2.75, 3.05) is 0 Å². The van der Waals surface area contributed by atoms with Crippen LogP contribution in [0.25, 0.3) is 38.9 Å². The standard InChI is InChI=1S/C23H20BrN5O/c1-4-11-28-14(3)25-21-19(23(28)30)20-22(27-18-8-6-5-7-17(18)26-20)29(21)15-9-10-16(24)13(2)12-15/h5-10,12H,4,11H2,1-3H3. The van der Waals surface area contributed by atoms with Gasteiger partial charge in [-0.25, -0.2) is 15.0 Å². The molecule has 0 fully saturated rings. The van der Waals surface area contributed by atoms with Crippen LogP contribution in [0.3, 0.4) is 0 Å². The topological polar surface area (TPSA) is 65.6 Å². The lowest BCUT2D eigenvalue weighted by Crippen LogP contribution is -2.24. The van der Waals surface area contributed by atoms with Crippen LogP contribution < -0.4 is 5.56 Å². The molecule has 3 aromatic heterocycles. The van der Waals surface area contributed by atoms with Gasteiger partial charge in [0.1, 0.15) is 16.7 Å². The third-order valence-corrected chi connectivity index (χ3v) is 6.29. The minimum absolute atomic E-state index is 0.0680. The van der Waals surface area contributed by atoms with Crippen molar-refractivity contribution in [2.45, 2.75) is 33.7 Å². The predicted molar refractivity (Wildman–Crippen MR) is 123 cm³/mol. The van der Waals surface area contributed by atoms with Crippen LogP contribution >= 0.6 is 15.9 Å². The summed E-state index contributed by atoms with van der Waals surface area (Å²) >= 11 is 3.57. The van der Waals surface area contributed by atoms with Crippen LogP contribution in [0.15, 0.2) is 51.7 Å². The van der Waals surface area contributed by atoms with E-state index in [1.165, 1.54) is 0 Å². The maximum absolute atomic E-state index is 13.5. The van der Waals surface area contributed by atoms with Gasteiger partial charge in [-0.3, -0.25) is 13.9 Å². The SMILES string of the molecule is CCCn1c(C)nc2c(c1=O)c1nc3ccccc3nc1n2-c1ccc(Br)c(C)c1. The van der Waals surface area contributed by atoms with E-state index < -0.39 is 0 Å². The summed E-state index contributed by atoms with van der Waals surface area (Å²) < 4.78 is 4.71. The molecule has 0 amide bonds. The van der Waals surface area contributed by atoms with Crippen LogP contribution in [-0.2, 0) is 6.54 Å². The minimum Gasteiger partial charge on any atom is -0.296 e. The van der Waals surface area contributed by atoms with Crippen molar-refractivity contribution >= 4 is 49.2 Å². The number of rotatable bonds is 3. The second-order valence-electron chi connectivity index (χ2n) is 7.47. The number of halogens is 1. The van der Waals surface area contributed by atoms with Crippen molar-refractivity contribution in [2.24, 2.45) is 0 Å². The number of nitrogens with zero attached hydrogens (tertiary/aromatic N) is 5. The van der Waals surface area contributed by atoms with Crippen molar-refractivity contribution in [3.8, 4) is 5.69 Å². The van der Waals surface area contributed by atoms with E-state index in [0.717, 1.165) is 33.2 Å². The Morgan fingerprint density at radius 1 is 0.967 bits per heavy atom. The van der Waals surface area contributed by atoms with Crippen LogP contribution in [0.2, 0.25) is 0 Å². The molecule has 0 N–H and O–H groups in total. The summed E-state index contributed by atoms with van der Waals surface area (Å²) in [5, 5.41) is 0.517. The summed E-state index contributed by atoms with van der Waals surface area (Å²) in [6, 6.07) is 13.8. The fourth-order valence-corrected chi connectivity index (χ4v) is 4.18. The third-order valence-electron chi connectivity index (χ3n) is 5.40. The smallest absolute Gasteiger partial charge is 0.265 e. The van der Waals surface area contributed by atoms with E-state index in [1.54, 1.807) is 4.57 Å². The Hall–Kier alpha value is -3.06. The van der Waals surface area contributed by atoms with Crippen molar-refractivity contribution in [1.29, 1.82) is 0 Å². The highest BCUT2D eigenvalue weighted by molar-refractivity contribution is 9.10. The normalized spacial score (nSPS) is 11.7. The molecule has 0 saturated carbocycles. The zero-order chi connectivity index (χ0) is 21.0. The van der Waals surface area contributed by atoms with Crippen LogP contribution in [0.1, 0.15) is 24.7 Å². The molecule has 0 radical (unpaired) electrons. The summed E-state index contributed by atoms with van der Waals surface area (Å²) in [5.74, 6) is 0.691. The zero-order valence-corrected chi connectivity index (χ0v) is 18.6. The number of hydrogen-bond acceptors (Lipinski definition) is 4. The number of fused-ring (bicyclic) bond motifs is 4. The Balaban J connectivity index is 2.01. The molecular formula is C23H20BrN5O. The minimum atomic E-state index is -0.0680. The number of benzene rings is 2. The summed E-state index contributed by atoms with van der Waals surface area (Å²) in [5.41, 5.74) is 5.30. The Kier molecular flexibility index (Phi) is 4.43. The Labute approximate surface area is 181 Å². The van der Waals surface area contributed by atoms with Gasteiger partial charge >= 0.3 is 0 Å². The van der Waals surface area contributed by atoms with Crippen molar-refractivity contribution in [3.63, 3.8) is 0 Å². The number of hydrogen-bond donors (Lipinski definition) is 0. The van der Waals surface area contributed by atoms with Gasteiger partial charge in [-0.2, -0.15) is 0 Å². The van der Waals surface area contributed by atoms with E-state index >= 15 is 0 Å². The molecule has 0 spiro atoms. The van der Waals surface area contributed by atoms with Crippen molar-refractivity contribution in [1.82, 2.24) is 24.1 Å². The Morgan fingerprint density at radius 2 is 1.70 bits per heavy atom. The first kappa shape index (κ1) is 18.9. The fourth-order valence-electron chi connectivity index (χ4n) is 3.93. The van der Waals surface area contributed by atoms with Crippen LogP contribution in [0.5, 0.6) is 0 Å². The molecule has 7 heteroatoms. The lowest BCUT2D eigenvalue weighted by molar-refractivity contribution is 0.624. The largest absolute Gasteiger partial charge is 0.296 e. The predicted octanol–water partition coefficient (Wildman–Crippen LogP) is 5.07. The van der Waals surface area contributed by atoms with E-state index in [9.17, 15) is 4.79 Å². The third kappa shape index (κ3) is 2.76. The average molecular weight is 462 g/mol. The van der Waals surface area contributed by atoms with E-state index in [4.69, 9.17) is 15.0 Å². The lowest BCUT2D eigenvalue weighted by Gasteiger charge is -2.11. The highest BCUT2D eigenvalue weighted by Gasteiger charge is 2.22. The lowest BCUT2D eigenvalue weighted by atomic mass is 10.2. The van der Waals surface area contributed by atoms with E-state index in [-0.39, 0.29) is 5.56 Å². The van der Waals surface area contributed by atoms with Gasteiger partial charge in [0.25, 0.3) is 5.56 Å². The molecule has 3 heterocycles. The van der Waals surface area contributed by atoms with Crippen molar-refractivity contribution < 1.29 is 0 Å². The molecule has 0 aliphatic rings. The van der Waals surface area contributed by atoms with E-state index in [2.05, 4.69) is 28.9 Å². The second kappa shape index (κ2) is 7.02. The van der Waals surface area contributed by atoms with Crippen LogP contribution in [-0.4, -0.2) is 24.1 Å². The monoisotopic (exact) mass is 461 g/mol. The highest BCUT2D eigenvalue weighted by Crippen LogP contribution is 2.30. The molecule has 2 aromatic carbocycles.